The van der Waals surface area contributed by atoms with Crippen LogP contribution in [-0.2, 0) is 12.8 Å². The Kier molecular flexibility index (Phi) is 7.73. The van der Waals surface area contributed by atoms with Crippen molar-refractivity contribution in [3.05, 3.63) is 118 Å². The summed E-state index contributed by atoms with van der Waals surface area (Å²) in [6.07, 6.45) is 9.42. The molecule has 0 fully saturated rings. The van der Waals surface area contributed by atoms with Crippen molar-refractivity contribution in [1.82, 2.24) is 0 Å². The molecule has 0 heterocycles. The van der Waals surface area contributed by atoms with Gasteiger partial charge >= 0.3 is 0 Å². The van der Waals surface area contributed by atoms with Crippen molar-refractivity contribution in [2.45, 2.75) is 39.0 Å². The van der Waals surface area contributed by atoms with Gasteiger partial charge in [0.15, 0.2) is 0 Å². The van der Waals surface area contributed by atoms with Crippen LogP contribution < -0.4 is 0 Å². The van der Waals surface area contributed by atoms with Crippen molar-refractivity contribution in [1.29, 1.82) is 0 Å². The first-order valence-corrected chi connectivity index (χ1v) is 10.5. The zero-order valence-corrected chi connectivity index (χ0v) is 17.6. The SMILES string of the molecule is C/C=C/CCc1c(F)cc(C=Cc2ccc(C[C@@H](C)c3ccccc3)cc2)cc1F. The van der Waals surface area contributed by atoms with E-state index < -0.39 is 11.6 Å². The van der Waals surface area contributed by atoms with E-state index in [1.165, 1.54) is 23.3 Å². The Hall–Kier alpha value is -3.00. The third kappa shape index (κ3) is 6.00. The van der Waals surface area contributed by atoms with E-state index in [1.807, 2.05) is 43.4 Å². The molecule has 0 N–H and O–H groups in total. The lowest BCUT2D eigenvalue weighted by atomic mass is 9.93. The van der Waals surface area contributed by atoms with Gasteiger partial charge in [-0.2, -0.15) is 0 Å². The van der Waals surface area contributed by atoms with Crippen LogP contribution >= 0.6 is 0 Å². The minimum Gasteiger partial charge on any atom is -0.207 e. The molecule has 1 atom stereocenters. The molecule has 154 valence electrons. The monoisotopic (exact) mass is 402 g/mol. The van der Waals surface area contributed by atoms with Crippen LogP contribution in [0.3, 0.4) is 0 Å². The van der Waals surface area contributed by atoms with Gasteiger partial charge in [0.2, 0.25) is 0 Å². The summed E-state index contributed by atoms with van der Waals surface area (Å²) in [6.45, 7) is 4.13. The quantitative estimate of drug-likeness (QED) is 0.264. The molecular formula is C28H28F2. The van der Waals surface area contributed by atoms with Crippen LogP contribution in [0.25, 0.3) is 12.2 Å². The summed E-state index contributed by atoms with van der Waals surface area (Å²) in [5.41, 5.74) is 4.29. The van der Waals surface area contributed by atoms with E-state index in [9.17, 15) is 8.78 Å². The molecule has 3 aromatic rings. The summed E-state index contributed by atoms with van der Waals surface area (Å²) in [4.78, 5) is 0. The molecule has 0 saturated heterocycles. The minimum atomic E-state index is -0.482. The predicted molar refractivity (Wildman–Crippen MR) is 123 cm³/mol. The lowest BCUT2D eigenvalue weighted by Gasteiger charge is -2.12. The lowest BCUT2D eigenvalue weighted by molar-refractivity contribution is 0.555. The molecule has 0 nitrogen and oxygen atoms in total. The second-order valence-electron chi connectivity index (χ2n) is 7.66. The number of rotatable bonds is 8. The lowest BCUT2D eigenvalue weighted by Crippen LogP contribution is -1.98. The largest absolute Gasteiger partial charge is 0.207 e. The molecule has 0 radical (unpaired) electrons. The van der Waals surface area contributed by atoms with Crippen LogP contribution in [0.2, 0.25) is 0 Å². The third-order valence-corrected chi connectivity index (χ3v) is 5.32. The molecule has 2 heteroatoms. The van der Waals surface area contributed by atoms with E-state index in [0.717, 1.165) is 12.0 Å². The van der Waals surface area contributed by atoms with Crippen LogP contribution in [0, 0.1) is 11.6 Å². The van der Waals surface area contributed by atoms with Gasteiger partial charge in [0.25, 0.3) is 0 Å². The van der Waals surface area contributed by atoms with Crippen LogP contribution in [-0.4, -0.2) is 0 Å². The summed E-state index contributed by atoms with van der Waals surface area (Å²) in [5, 5.41) is 0. The molecule has 3 rings (SSSR count). The van der Waals surface area contributed by atoms with E-state index in [-0.39, 0.29) is 5.56 Å². The van der Waals surface area contributed by atoms with Gasteiger partial charge in [-0.25, -0.2) is 8.78 Å². The highest BCUT2D eigenvalue weighted by Gasteiger charge is 2.10. The molecular weight excluding hydrogens is 374 g/mol. The summed E-state index contributed by atoms with van der Waals surface area (Å²) in [6, 6.07) is 21.6. The van der Waals surface area contributed by atoms with E-state index in [1.54, 1.807) is 6.08 Å². The smallest absolute Gasteiger partial charge is 0.129 e. The van der Waals surface area contributed by atoms with E-state index in [4.69, 9.17) is 0 Å². The first kappa shape index (κ1) is 21.7. The van der Waals surface area contributed by atoms with Gasteiger partial charge in [0, 0.05) is 5.56 Å². The molecule has 3 aromatic carbocycles. The first-order chi connectivity index (χ1) is 14.6. The number of hydrogen-bond donors (Lipinski definition) is 0. The molecule has 0 aliphatic heterocycles. The topological polar surface area (TPSA) is 0 Å². The Labute approximate surface area is 178 Å². The highest BCUT2D eigenvalue weighted by molar-refractivity contribution is 5.69. The highest BCUT2D eigenvalue weighted by atomic mass is 19.1. The maximum absolute atomic E-state index is 14.3. The molecule has 0 saturated carbocycles. The number of allylic oxidation sites excluding steroid dienone is 2. The summed E-state index contributed by atoms with van der Waals surface area (Å²) in [5.74, 6) is -0.515. The molecule has 0 aliphatic carbocycles. The molecule has 30 heavy (non-hydrogen) atoms. The molecule has 0 aromatic heterocycles. The predicted octanol–water partition coefficient (Wildman–Crippen LogP) is 7.99. The van der Waals surface area contributed by atoms with Gasteiger partial charge in [-0.1, -0.05) is 85.8 Å². The van der Waals surface area contributed by atoms with Crippen molar-refractivity contribution in [2.24, 2.45) is 0 Å². The Bertz CT molecular complexity index is 976. The van der Waals surface area contributed by atoms with Gasteiger partial charge < -0.3 is 0 Å². The van der Waals surface area contributed by atoms with Gasteiger partial charge in [-0.3, -0.25) is 0 Å². The van der Waals surface area contributed by atoms with Crippen LogP contribution in [0.5, 0.6) is 0 Å². The van der Waals surface area contributed by atoms with E-state index in [0.29, 0.717) is 24.3 Å². The second-order valence-corrected chi connectivity index (χ2v) is 7.66. The van der Waals surface area contributed by atoms with E-state index >= 15 is 0 Å². The maximum Gasteiger partial charge on any atom is 0.129 e. The Morgan fingerprint density at radius 3 is 2.10 bits per heavy atom. The van der Waals surface area contributed by atoms with Crippen molar-refractivity contribution in [3.63, 3.8) is 0 Å². The molecule has 0 amide bonds. The fourth-order valence-electron chi connectivity index (χ4n) is 3.56. The fourth-order valence-corrected chi connectivity index (χ4v) is 3.56. The Morgan fingerprint density at radius 1 is 0.833 bits per heavy atom. The van der Waals surface area contributed by atoms with Crippen LogP contribution in [0.15, 0.2) is 78.9 Å². The van der Waals surface area contributed by atoms with Crippen molar-refractivity contribution in [2.75, 3.05) is 0 Å². The van der Waals surface area contributed by atoms with Crippen molar-refractivity contribution >= 4 is 12.2 Å². The fraction of sp³-hybridized carbons (Fsp3) is 0.214. The average molecular weight is 403 g/mol. The van der Waals surface area contributed by atoms with Gasteiger partial charge in [0.1, 0.15) is 11.6 Å². The molecule has 0 aliphatic rings. The molecule has 0 unspecified atom stereocenters. The summed E-state index contributed by atoms with van der Waals surface area (Å²) < 4.78 is 28.6. The van der Waals surface area contributed by atoms with Crippen molar-refractivity contribution in [3.8, 4) is 0 Å². The van der Waals surface area contributed by atoms with Gasteiger partial charge in [0.05, 0.1) is 0 Å². The normalized spacial score (nSPS) is 12.7. The third-order valence-electron chi connectivity index (χ3n) is 5.32. The van der Waals surface area contributed by atoms with E-state index in [2.05, 4.69) is 43.3 Å². The Morgan fingerprint density at radius 2 is 1.47 bits per heavy atom. The van der Waals surface area contributed by atoms with Crippen LogP contribution in [0.1, 0.15) is 54.0 Å². The molecule has 0 spiro atoms. The van der Waals surface area contributed by atoms with Gasteiger partial charge in [-0.15, -0.1) is 0 Å². The first-order valence-electron chi connectivity index (χ1n) is 10.5. The number of halogens is 2. The summed E-state index contributed by atoms with van der Waals surface area (Å²) >= 11 is 0. The number of benzene rings is 3. The zero-order valence-electron chi connectivity index (χ0n) is 17.6. The Balaban J connectivity index is 1.65. The van der Waals surface area contributed by atoms with Gasteiger partial charge in [-0.05, 0) is 66.5 Å². The minimum absolute atomic E-state index is 0.155. The average Bonchev–Trinajstić information content (AvgIpc) is 2.76. The van der Waals surface area contributed by atoms with Crippen LogP contribution in [0.4, 0.5) is 8.78 Å². The zero-order chi connectivity index (χ0) is 21.3. The maximum atomic E-state index is 14.3. The summed E-state index contributed by atoms with van der Waals surface area (Å²) in [7, 11) is 0. The number of hydrogen-bond acceptors (Lipinski definition) is 0. The molecule has 0 bridgehead atoms. The second kappa shape index (κ2) is 10.7. The van der Waals surface area contributed by atoms with Crippen molar-refractivity contribution < 1.29 is 8.78 Å². The standard InChI is InChI=1S/C28H28F2/c1-3-4-6-11-26-27(29)19-24(20-28(26)30)17-14-22-12-15-23(16-13-22)18-21(2)25-9-7-5-8-10-25/h3-5,7-10,12-17,19-21H,6,11,18H2,1-2H3/b4-3+,17-14?/t21-/m1/s1. The highest BCUT2D eigenvalue weighted by Crippen LogP contribution is 2.22.